The first-order valence-corrected chi connectivity index (χ1v) is 8.02. The molecule has 1 aliphatic heterocycles. The van der Waals surface area contributed by atoms with Crippen molar-refractivity contribution in [3.05, 3.63) is 60.4 Å². The molecular formula is C18H17N5O2. The van der Waals surface area contributed by atoms with Crippen molar-refractivity contribution < 1.29 is 9.53 Å². The van der Waals surface area contributed by atoms with Gasteiger partial charge in [-0.15, -0.1) is 0 Å². The summed E-state index contributed by atoms with van der Waals surface area (Å²) in [6.07, 6.45) is 7.05. The number of hydrogen-bond acceptors (Lipinski definition) is 5. The number of rotatable bonds is 3. The van der Waals surface area contributed by atoms with Crippen molar-refractivity contribution >= 4 is 5.91 Å². The zero-order chi connectivity index (χ0) is 17.2. The van der Waals surface area contributed by atoms with Gasteiger partial charge in [-0.2, -0.15) is 5.10 Å². The van der Waals surface area contributed by atoms with Crippen LogP contribution in [0, 0.1) is 0 Å². The SMILES string of the molecule is Cn1cc(-c2ccc3c(c2)C(=O)N(Cc2ncccn2)CCO3)cn1. The fraction of sp³-hybridized carbons (Fsp3) is 0.222. The topological polar surface area (TPSA) is 73.1 Å². The molecule has 0 spiro atoms. The standard InChI is InChI=1S/C18H17N5O2/c1-22-11-14(10-21-22)13-3-4-16-15(9-13)18(24)23(7-8-25-16)12-17-19-5-2-6-20-17/h2-6,9-11H,7-8,12H2,1H3. The first-order chi connectivity index (χ1) is 12.2. The monoisotopic (exact) mass is 335 g/mol. The Labute approximate surface area is 144 Å². The predicted octanol–water partition coefficient (Wildman–Crippen LogP) is 1.91. The zero-order valence-corrected chi connectivity index (χ0v) is 13.8. The third-order valence-corrected chi connectivity index (χ3v) is 4.11. The lowest BCUT2D eigenvalue weighted by Gasteiger charge is -2.18. The van der Waals surface area contributed by atoms with Crippen LogP contribution in [0.4, 0.5) is 0 Å². The van der Waals surface area contributed by atoms with Gasteiger partial charge in [0.1, 0.15) is 18.2 Å². The summed E-state index contributed by atoms with van der Waals surface area (Å²) in [7, 11) is 1.86. The molecule has 3 heterocycles. The first-order valence-electron chi connectivity index (χ1n) is 8.02. The lowest BCUT2D eigenvalue weighted by Crippen LogP contribution is -2.32. The van der Waals surface area contributed by atoms with Crippen molar-refractivity contribution in [2.24, 2.45) is 7.05 Å². The summed E-state index contributed by atoms with van der Waals surface area (Å²) in [5.74, 6) is 1.14. The Morgan fingerprint density at radius 2 is 2.04 bits per heavy atom. The molecule has 4 rings (SSSR count). The molecular weight excluding hydrogens is 318 g/mol. The van der Waals surface area contributed by atoms with Crippen LogP contribution < -0.4 is 4.74 Å². The summed E-state index contributed by atoms with van der Waals surface area (Å²) < 4.78 is 7.49. The molecule has 7 heteroatoms. The molecule has 25 heavy (non-hydrogen) atoms. The summed E-state index contributed by atoms with van der Waals surface area (Å²) >= 11 is 0. The van der Waals surface area contributed by atoms with Crippen molar-refractivity contribution in [2.75, 3.05) is 13.2 Å². The van der Waals surface area contributed by atoms with Gasteiger partial charge in [0.2, 0.25) is 0 Å². The number of carbonyl (C=O) groups excluding carboxylic acids is 1. The van der Waals surface area contributed by atoms with Gasteiger partial charge in [0.15, 0.2) is 0 Å². The second-order valence-corrected chi connectivity index (χ2v) is 5.85. The molecule has 0 fully saturated rings. The van der Waals surface area contributed by atoms with Gasteiger partial charge in [-0.05, 0) is 23.8 Å². The molecule has 0 radical (unpaired) electrons. The van der Waals surface area contributed by atoms with Crippen LogP contribution in [0.15, 0.2) is 49.1 Å². The van der Waals surface area contributed by atoms with Crippen molar-refractivity contribution in [3.63, 3.8) is 0 Å². The number of aryl methyl sites for hydroxylation is 1. The summed E-state index contributed by atoms with van der Waals surface area (Å²) in [5.41, 5.74) is 2.44. The van der Waals surface area contributed by atoms with Gasteiger partial charge in [0.25, 0.3) is 5.91 Å². The Hall–Kier alpha value is -3.22. The van der Waals surface area contributed by atoms with Crippen LogP contribution in [-0.2, 0) is 13.6 Å². The molecule has 1 amide bonds. The van der Waals surface area contributed by atoms with E-state index in [1.165, 1.54) is 0 Å². The van der Waals surface area contributed by atoms with Crippen molar-refractivity contribution in [1.29, 1.82) is 0 Å². The highest BCUT2D eigenvalue weighted by Crippen LogP contribution is 2.29. The van der Waals surface area contributed by atoms with Gasteiger partial charge in [-0.1, -0.05) is 6.07 Å². The van der Waals surface area contributed by atoms with E-state index in [4.69, 9.17) is 4.74 Å². The van der Waals surface area contributed by atoms with Crippen molar-refractivity contribution in [1.82, 2.24) is 24.6 Å². The van der Waals surface area contributed by atoms with Crippen LogP contribution in [0.2, 0.25) is 0 Å². The molecule has 1 aliphatic rings. The highest BCUT2D eigenvalue weighted by molar-refractivity contribution is 5.98. The van der Waals surface area contributed by atoms with Crippen LogP contribution in [0.1, 0.15) is 16.2 Å². The van der Waals surface area contributed by atoms with E-state index in [1.54, 1.807) is 34.2 Å². The number of amides is 1. The number of nitrogens with zero attached hydrogens (tertiary/aromatic N) is 5. The minimum Gasteiger partial charge on any atom is -0.491 e. The first kappa shape index (κ1) is 15.3. The molecule has 0 N–H and O–H groups in total. The van der Waals surface area contributed by atoms with E-state index < -0.39 is 0 Å². The number of benzene rings is 1. The van der Waals surface area contributed by atoms with Crippen LogP contribution >= 0.6 is 0 Å². The van der Waals surface area contributed by atoms with Gasteiger partial charge in [-0.3, -0.25) is 9.48 Å². The molecule has 3 aromatic rings. The highest BCUT2D eigenvalue weighted by atomic mass is 16.5. The van der Waals surface area contributed by atoms with Gasteiger partial charge in [0, 0.05) is 31.2 Å². The Morgan fingerprint density at radius 3 is 2.80 bits per heavy atom. The van der Waals surface area contributed by atoms with Crippen molar-refractivity contribution in [3.8, 4) is 16.9 Å². The van der Waals surface area contributed by atoms with Crippen LogP contribution in [0.25, 0.3) is 11.1 Å². The summed E-state index contributed by atoms with van der Waals surface area (Å²) in [6, 6.07) is 7.41. The molecule has 2 aromatic heterocycles. The third-order valence-electron chi connectivity index (χ3n) is 4.11. The van der Waals surface area contributed by atoms with Gasteiger partial charge >= 0.3 is 0 Å². The summed E-state index contributed by atoms with van der Waals surface area (Å²) in [4.78, 5) is 23.1. The van der Waals surface area contributed by atoms with Crippen LogP contribution in [-0.4, -0.2) is 43.7 Å². The summed E-state index contributed by atoms with van der Waals surface area (Å²) in [5, 5.41) is 4.19. The molecule has 0 aliphatic carbocycles. The molecule has 1 aromatic carbocycles. The lowest BCUT2D eigenvalue weighted by atomic mass is 10.0. The fourth-order valence-corrected chi connectivity index (χ4v) is 2.84. The smallest absolute Gasteiger partial charge is 0.258 e. The maximum absolute atomic E-state index is 13.0. The fourth-order valence-electron chi connectivity index (χ4n) is 2.84. The average Bonchev–Trinajstić information content (AvgIpc) is 3.01. The van der Waals surface area contributed by atoms with Gasteiger partial charge in [-0.25, -0.2) is 9.97 Å². The second-order valence-electron chi connectivity index (χ2n) is 5.85. The molecule has 0 unspecified atom stereocenters. The Bertz CT molecular complexity index is 907. The largest absolute Gasteiger partial charge is 0.491 e. The minimum absolute atomic E-state index is 0.0781. The van der Waals surface area contributed by atoms with Crippen LogP contribution in [0.5, 0.6) is 5.75 Å². The van der Waals surface area contributed by atoms with E-state index in [0.717, 1.165) is 11.1 Å². The summed E-state index contributed by atoms with van der Waals surface area (Å²) in [6.45, 7) is 1.30. The highest BCUT2D eigenvalue weighted by Gasteiger charge is 2.25. The number of fused-ring (bicyclic) bond motifs is 1. The zero-order valence-electron chi connectivity index (χ0n) is 13.8. The number of hydrogen-bond donors (Lipinski definition) is 0. The Kier molecular flexibility index (Phi) is 3.89. The molecule has 0 saturated heterocycles. The minimum atomic E-state index is -0.0781. The molecule has 7 nitrogen and oxygen atoms in total. The molecule has 126 valence electrons. The maximum atomic E-state index is 13.0. The lowest BCUT2D eigenvalue weighted by molar-refractivity contribution is 0.0738. The average molecular weight is 335 g/mol. The van der Waals surface area contributed by atoms with E-state index in [9.17, 15) is 4.79 Å². The van der Waals surface area contributed by atoms with Gasteiger partial charge in [0.05, 0.1) is 24.8 Å². The number of ether oxygens (including phenoxy) is 1. The quantitative estimate of drug-likeness (QED) is 0.731. The van der Waals surface area contributed by atoms with Gasteiger partial charge < -0.3 is 9.64 Å². The maximum Gasteiger partial charge on any atom is 0.258 e. The number of aromatic nitrogens is 4. The Morgan fingerprint density at radius 1 is 1.20 bits per heavy atom. The van der Waals surface area contributed by atoms with E-state index in [0.29, 0.717) is 36.8 Å². The van der Waals surface area contributed by atoms with Crippen molar-refractivity contribution in [2.45, 2.75) is 6.54 Å². The number of carbonyl (C=O) groups is 1. The molecule has 0 saturated carbocycles. The molecule has 0 atom stereocenters. The Balaban J connectivity index is 1.66. The predicted molar refractivity (Wildman–Crippen MR) is 90.9 cm³/mol. The third kappa shape index (κ3) is 3.08. The normalized spacial score (nSPS) is 14.0. The van der Waals surface area contributed by atoms with E-state index >= 15 is 0 Å². The molecule has 0 bridgehead atoms. The second kappa shape index (κ2) is 6.35. The van der Waals surface area contributed by atoms with E-state index in [-0.39, 0.29) is 5.91 Å². The van der Waals surface area contributed by atoms with Crippen LogP contribution in [0.3, 0.4) is 0 Å². The van der Waals surface area contributed by atoms with E-state index in [2.05, 4.69) is 15.1 Å². The van der Waals surface area contributed by atoms with E-state index in [1.807, 2.05) is 31.4 Å².